The van der Waals surface area contributed by atoms with Gasteiger partial charge in [-0.15, -0.1) is 0 Å². The van der Waals surface area contributed by atoms with Gasteiger partial charge in [0.05, 0.1) is 5.69 Å². The lowest BCUT2D eigenvalue weighted by Gasteiger charge is -1.95. The van der Waals surface area contributed by atoms with Crippen molar-refractivity contribution in [1.82, 2.24) is 4.37 Å². The molecule has 0 N–H and O–H groups in total. The van der Waals surface area contributed by atoms with E-state index in [1.165, 1.54) is 16.0 Å². The second-order valence-corrected chi connectivity index (χ2v) is 4.20. The Balaban J connectivity index is 2.41. The number of aromatic nitrogens is 1. The molecule has 0 atom stereocenters. The highest BCUT2D eigenvalue weighted by molar-refractivity contribution is 7.05. The van der Waals surface area contributed by atoms with Crippen LogP contribution in [0.25, 0.3) is 11.3 Å². The van der Waals surface area contributed by atoms with E-state index >= 15 is 0 Å². The third-order valence-corrected chi connectivity index (χ3v) is 2.67. The van der Waals surface area contributed by atoms with E-state index in [1.54, 1.807) is 11.5 Å². The van der Waals surface area contributed by atoms with Gasteiger partial charge in [0.15, 0.2) is 0 Å². The molecule has 0 unspecified atom stereocenters. The van der Waals surface area contributed by atoms with E-state index in [0.29, 0.717) is 0 Å². The maximum atomic E-state index is 4.36. The van der Waals surface area contributed by atoms with Gasteiger partial charge in [-0.25, -0.2) is 0 Å². The normalized spacial score (nSPS) is 10.3. The van der Waals surface area contributed by atoms with Crippen LogP contribution in [0.4, 0.5) is 0 Å². The fourth-order valence-electron chi connectivity index (χ4n) is 1.23. The van der Waals surface area contributed by atoms with Crippen molar-refractivity contribution in [3.63, 3.8) is 0 Å². The van der Waals surface area contributed by atoms with Crippen LogP contribution in [-0.4, -0.2) is 4.37 Å². The zero-order valence-electron chi connectivity index (χ0n) is 7.74. The molecule has 0 bridgehead atoms. The summed E-state index contributed by atoms with van der Waals surface area (Å²) in [7, 11) is 0. The van der Waals surface area contributed by atoms with Crippen LogP contribution in [0.3, 0.4) is 0 Å². The molecule has 0 fully saturated rings. The van der Waals surface area contributed by atoms with E-state index in [1.807, 2.05) is 0 Å². The highest BCUT2D eigenvalue weighted by Gasteiger charge is 2.00. The number of aryl methyl sites for hydroxylation is 2. The standard InChI is InChI=1S/C11H11NS/c1-8-3-5-10(6-4-8)11-7-9(2)13-12-11/h3-7H,1-2H3. The minimum absolute atomic E-state index is 1.09. The number of benzene rings is 1. The Labute approximate surface area is 82.2 Å². The summed E-state index contributed by atoms with van der Waals surface area (Å²) in [6.07, 6.45) is 0. The number of rotatable bonds is 1. The van der Waals surface area contributed by atoms with Gasteiger partial charge in [-0.3, -0.25) is 0 Å². The summed E-state index contributed by atoms with van der Waals surface area (Å²) in [5, 5.41) is 0. The van der Waals surface area contributed by atoms with Gasteiger partial charge in [-0.05, 0) is 31.4 Å². The predicted molar refractivity (Wildman–Crippen MR) is 57.0 cm³/mol. The lowest BCUT2D eigenvalue weighted by atomic mass is 10.1. The van der Waals surface area contributed by atoms with Crippen molar-refractivity contribution < 1.29 is 0 Å². The van der Waals surface area contributed by atoms with E-state index in [0.717, 1.165) is 5.69 Å². The summed E-state index contributed by atoms with van der Waals surface area (Å²) in [4.78, 5) is 1.26. The molecule has 66 valence electrons. The predicted octanol–water partition coefficient (Wildman–Crippen LogP) is 3.43. The number of hydrogen-bond acceptors (Lipinski definition) is 2. The van der Waals surface area contributed by atoms with Crippen LogP contribution in [0.5, 0.6) is 0 Å². The highest BCUT2D eigenvalue weighted by atomic mass is 32.1. The van der Waals surface area contributed by atoms with Crippen molar-refractivity contribution in [2.45, 2.75) is 13.8 Å². The molecule has 2 heteroatoms. The average Bonchev–Trinajstić information content (AvgIpc) is 2.53. The molecule has 0 amide bonds. The summed E-state index contributed by atoms with van der Waals surface area (Å²) in [6.45, 7) is 4.17. The molecule has 0 spiro atoms. The largest absolute Gasteiger partial charge is 0.192 e. The molecule has 0 aliphatic carbocycles. The summed E-state index contributed by atoms with van der Waals surface area (Å²) < 4.78 is 4.36. The number of hydrogen-bond donors (Lipinski definition) is 0. The Hall–Kier alpha value is -1.15. The lowest BCUT2D eigenvalue weighted by Crippen LogP contribution is -1.76. The van der Waals surface area contributed by atoms with Crippen LogP contribution in [0, 0.1) is 13.8 Å². The molecule has 0 aliphatic heterocycles. The molecule has 0 radical (unpaired) electrons. The second kappa shape index (κ2) is 3.30. The molecule has 1 nitrogen and oxygen atoms in total. The molecular weight excluding hydrogens is 178 g/mol. The quantitative estimate of drug-likeness (QED) is 0.669. The topological polar surface area (TPSA) is 12.9 Å². The fourth-order valence-corrected chi connectivity index (χ4v) is 1.79. The van der Waals surface area contributed by atoms with E-state index in [9.17, 15) is 0 Å². The molecule has 1 aromatic carbocycles. The fraction of sp³-hybridized carbons (Fsp3) is 0.182. The minimum Gasteiger partial charge on any atom is -0.192 e. The van der Waals surface area contributed by atoms with Crippen molar-refractivity contribution in [2.24, 2.45) is 0 Å². The summed E-state index contributed by atoms with van der Waals surface area (Å²) >= 11 is 1.55. The summed E-state index contributed by atoms with van der Waals surface area (Å²) in [6, 6.07) is 10.6. The van der Waals surface area contributed by atoms with E-state index in [2.05, 4.69) is 48.6 Å². The first-order valence-corrected chi connectivity index (χ1v) is 5.03. The van der Waals surface area contributed by atoms with Crippen LogP contribution >= 0.6 is 11.5 Å². The Kier molecular flexibility index (Phi) is 2.15. The molecule has 0 saturated heterocycles. The van der Waals surface area contributed by atoms with Gasteiger partial charge in [0.1, 0.15) is 0 Å². The Morgan fingerprint density at radius 1 is 1.08 bits per heavy atom. The van der Waals surface area contributed by atoms with E-state index in [-0.39, 0.29) is 0 Å². The molecular formula is C11H11NS. The SMILES string of the molecule is Cc1ccc(-c2cc(C)sn2)cc1. The minimum atomic E-state index is 1.09. The summed E-state index contributed by atoms with van der Waals surface area (Å²) in [5.74, 6) is 0. The van der Waals surface area contributed by atoms with Gasteiger partial charge in [0.25, 0.3) is 0 Å². The van der Waals surface area contributed by atoms with Crippen molar-refractivity contribution >= 4 is 11.5 Å². The molecule has 2 rings (SSSR count). The third-order valence-electron chi connectivity index (χ3n) is 1.98. The monoisotopic (exact) mass is 189 g/mol. The Morgan fingerprint density at radius 2 is 1.77 bits per heavy atom. The van der Waals surface area contributed by atoms with Gasteiger partial charge < -0.3 is 0 Å². The van der Waals surface area contributed by atoms with Crippen molar-refractivity contribution in [1.29, 1.82) is 0 Å². The van der Waals surface area contributed by atoms with Crippen molar-refractivity contribution in [3.05, 3.63) is 40.8 Å². The van der Waals surface area contributed by atoms with Gasteiger partial charge in [-0.2, -0.15) is 4.37 Å². The van der Waals surface area contributed by atoms with Crippen molar-refractivity contribution in [3.8, 4) is 11.3 Å². The molecule has 0 saturated carbocycles. The van der Waals surface area contributed by atoms with Gasteiger partial charge in [0, 0.05) is 10.4 Å². The van der Waals surface area contributed by atoms with Crippen LogP contribution in [0.2, 0.25) is 0 Å². The van der Waals surface area contributed by atoms with Crippen LogP contribution in [0.1, 0.15) is 10.4 Å². The zero-order valence-corrected chi connectivity index (χ0v) is 8.56. The smallest absolute Gasteiger partial charge is 0.0843 e. The first kappa shape index (κ1) is 8.45. The van der Waals surface area contributed by atoms with Crippen molar-refractivity contribution in [2.75, 3.05) is 0 Å². The molecule has 13 heavy (non-hydrogen) atoms. The highest BCUT2D eigenvalue weighted by Crippen LogP contribution is 2.21. The Bertz CT molecular complexity index is 400. The molecule has 1 aromatic heterocycles. The van der Waals surface area contributed by atoms with E-state index in [4.69, 9.17) is 0 Å². The van der Waals surface area contributed by atoms with Gasteiger partial charge in [0.2, 0.25) is 0 Å². The molecule has 1 heterocycles. The first-order chi connectivity index (χ1) is 6.25. The van der Waals surface area contributed by atoms with Gasteiger partial charge >= 0.3 is 0 Å². The van der Waals surface area contributed by atoms with Crippen LogP contribution in [-0.2, 0) is 0 Å². The number of nitrogens with zero attached hydrogens (tertiary/aromatic N) is 1. The summed E-state index contributed by atoms with van der Waals surface area (Å²) in [5.41, 5.74) is 3.58. The zero-order chi connectivity index (χ0) is 9.26. The molecule has 2 aromatic rings. The average molecular weight is 189 g/mol. The maximum Gasteiger partial charge on any atom is 0.0843 e. The lowest BCUT2D eigenvalue weighted by molar-refractivity contribution is 1.45. The Morgan fingerprint density at radius 3 is 2.31 bits per heavy atom. The van der Waals surface area contributed by atoms with Gasteiger partial charge in [-0.1, -0.05) is 29.8 Å². The first-order valence-electron chi connectivity index (χ1n) is 4.26. The molecule has 0 aliphatic rings. The van der Waals surface area contributed by atoms with Crippen LogP contribution in [0.15, 0.2) is 30.3 Å². The maximum absolute atomic E-state index is 4.36. The third kappa shape index (κ3) is 1.78. The van der Waals surface area contributed by atoms with Crippen LogP contribution < -0.4 is 0 Å². The second-order valence-electron chi connectivity index (χ2n) is 3.19. The van der Waals surface area contributed by atoms with E-state index < -0.39 is 0 Å².